The van der Waals surface area contributed by atoms with E-state index >= 15 is 0 Å². The number of amides is 1. The number of halogens is 1. The van der Waals surface area contributed by atoms with Gasteiger partial charge in [0.1, 0.15) is 11.5 Å². The molecular formula is C12H11ClN2O. The zero-order chi connectivity index (χ0) is 11.5. The molecule has 1 amide bonds. The Morgan fingerprint density at radius 2 is 2.06 bits per heavy atom. The van der Waals surface area contributed by atoms with E-state index in [1.165, 1.54) is 0 Å². The van der Waals surface area contributed by atoms with E-state index in [1.54, 1.807) is 18.2 Å². The summed E-state index contributed by atoms with van der Waals surface area (Å²) in [5, 5.41) is 3.38. The summed E-state index contributed by atoms with van der Waals surface area (Å²) in [6.07, 6.45) is 2.47. The van der Waals surface area contributed by atoms with Crippen LogP contribution in [0.5, 0.6) is 0 Å². The minimum absolute atomic E-state index is 0.146. The number of nitrogens with one attached hydrogen (secondary N) is 1. The first-order valence-electron chi connectivity index (χ1n) is 5.05. The molecule has 3 nitrogen and oxygen atoms in total. The Hall–Kier alpha value is -1.61. The third-order valence-corrected chi connectivity index (χ3v) is 2.51. The second-order valence-electron chi connectivity index (χ2n) is 3.45. The minimum Gasteiger partial charge on any atom is -0.309 e. The standard InChI is InChI=1S/C12H11ClN2O/c1-2-11-14-10(12(16)15-11)7-8-3-5-9(13)6-4-8/h3-7H,2H2,1H3,(H,14,15,16)/b10-7+. The molecule has 1 aliphatic heterocycles. The number of nitrogens with zero attached hydrogens (tertiary/aromatic N) is 1. The highest BCUT2D eigenvalue weighted by atomic mass is 35.5. The fraction of sp³-hybridized carbons (Fsp3) is 0.167. The number of rotatable bonds is 2. The summed E-state index contributed by atoms with van der Waals surface area (Å²) in [4.78, 5) is 15.7. The molecule has 16 heavy (non-hydrogen) atoms. The molecule has 0 aromatic heterocycles. The van der Waals surface area contributed by atoms with Crippen molar-refractivity contribution in [3.63, 3.8) is 0 Å². The summed E-state index contributed by atoms with van der Waals surface area (Å²) in [5.74, 6) is 0.567. The van der Waals surface area contributed by atoms with Crippen molar-refractivity contribution in [1.29, 1.82) is 0 Å². The maximum Gasteiger partial charge on any atom is 0.275 e. The van der Waals surface area contributed by atoms with Crippen LogP contribution < -0.4 is 5.32 Å². The Kier molecular flexibility index (Phi) is 3.06. The van der Waals surface area contributed by atoms with Crippen LogP contribution in [0.4, 0.5) is 0 Å². The summed E-state index contributed by atoms with van der Waals surface area (Å²) >= 11 is 5.78. The molecule has 4 heteroatoms. The molecule has 0 aliphatic carbocycles. The lowest BCUT2D eigenvalue weighted by Crippen LogP contribution is -2.22. The van der Waals surface area contributed by atoms with E-state index < -0.39 is 0 Å². The van der Waals surface area contributed by atoms with Crippen molar-refractivity contribution in [1.82, 2.24) is 5.32 Å². The molecule has 0 radical (unpaired) electrons. The van der Waals surface area contributed by atoms with Crippen LogP contribution in [0.25, 0.3) is 6.08 Å². The fourth-order valence-corrected chi connectivity index (χ4v) is 1.53. The van der Waals surface area contributed by atoms with Crippen LogP contribution in [0, 0.1) is 0 Å². The number of hydrogen-bond donors (Lipinski definition) is 1. The zero-order valence-electron chi connectivity index (χ0n) is 8.83. The molecule has 1 N–H and O–H groups in total. The molecule has 1 aromatic rings. The van der Waals surface area contributed by atoms with Crippen LogP contribution in [0.3, 0.4) is 0 Å². The molecule has 0 spiro atoms. The number of benzene rings is 1. The van der Waals surface area contributed by atoms with Crippen LogP contribution in [0.1, 0.15) is 18.9 Å². The zero-order valence-corrected chi connectivity index (χ0v) is 9.58. The second-order valence-corrected chi connectivity index (χ2v) is 3.88. The van der Waals surface area contributed by atoms with Crippen molar-refractivity contribution in [2.75, 3.05) is 0 Å². The largest absolute Gasteiger partial charge is 0.309 e. The Bertz CT molecular complexity index is 474. The van der Waals surface area contributed by atoms with Crippen molar-refractivity contribution in [3.05, 3.63) is 40.5 Å². The lowest BCUT2D eigenvalue weighted by Gasteiger charge is -1.94. The Morgan fingerprint density at radius 3 is 2.62 bits per heavy atom. The van der Waals surface area contributed by atoms with Gasteiger partial charge in [0.25, 0.3) is 5.91 Å². The predicted octanol–water partition coefficient (Wildman–Crippen LogP) is 2.62. The van der Waals surface area contributed by atoms with Gasteiger partial charge in [0.15, 0.2) is 0 Å². The van der Waals surface area contributed by atoms with Gasteiger partial charge in [0.05, 0.1) is 0 Å². The number of aliphatic imine (C=N–C) groups is 1. The van der Waals surface area contributed by atoms with Crippen molar-refractivity contribution >= 4 is 29.4 Å². The second kappa shape index (κ2) is 4.49. The lowest BCUT2D eigenvalue weighted by atomic mass is 10.2. The van der Waals surface area contributed by atoms with Crippen molar-refractivity contribution in [2.24, 2.45) is 4.99 Å². The predicted molar refractivity (Wildman–Crippen MR) is 65.3 cm³/mol. The van der Waals surface area contributed by atoms with E-state index in [4.69, 9.17) is 11.6 Å². The van der Waals surface area contributed by atoms with Crippen LogP contribution in [-0.2, 0) is 4.79 Å². The van der Waals surface area contributed by atoms with E-state index in [-0.39, 0.29) is 5.91 Å². The van der Waals surface area contributed by atoms with Crippen LogP contribution >= 0.6 is 11.6 Å². The molecule has 82 valence electrons. The number of carbonyl (C=O) groups excluding carboxylic acids is 1. The number of carbonyl (C=O) groups is 1. The number of hydrogen-bond acceptors (Lipinski definition) is 2. The van der Waals surface area contributed by atoms with E-state index in [0.29, 0.717) is 16.6 Å². The molecule has 0 bridgehead atoms. The molecule has 0 saturated carbocycles. The van der Waals surface area contributed by atoms with E-state index in [9.17, 15) is 4.79 Å². The maximum absolute atomic E-state index is 11.5. The van der Waals surface area contributed by atoms with Crippen LogP contribution in [0.2, 0.25) is 5.02 Å². The minimum atomic E-state index is -0.146. The molecule has 1 heterocycles. The van der Waals surface area contributed by atoms with Gasteiger partial charge < -0.3 is 5.32 Å². The van der Waals surface area contributed by atoms with Crippen LogP contribution in [-0.4, -0.2) is 11.7 Å². The first-order valence-corrected chi connectivity index (χ1v) is 5.43. The molecule has 1 aliphatic rings. The first-order chi connectivity index (χ1) is 7.69. The highest BCUT2D eigenvalue weighted by Crippen LogP contribution is 2.15. The molecule has 1 aromatic carbocycles. The molecule has 0 unspecified atom stereocenters. The molecule has 0 saturated heterocycles. The van der Waals surface area contributed by atoms with Gasteiger partial charge in [-0.15, -0.1) is 0 Å². The Morgan fingerprint density at radius 1 is 1.38 bits per heavy atom. The van der Waals surface area contributed by atoms with Crippen LogP contribution in [0.15, 0.2) is 35.0 Å². The summed E-state index contributed by atoms with van der Waals surface area (Å²) in [6.45, 7) is 1.95. The van der Waals surface area contributed by atoms with E-state index in [2.05, 4.69) is 10.3 Å². The summed E-state index contributed by atoms with van der Waals surface area (Å²) in [5.41, 5.74) is 1.36. The van der Waals surface area contributed by atoms with Crippen molar-refractivity contribution in [3.8, 4) is 0 Å². The Labute approximate surface area is 98.8 Å². The van der Waals surface area contributed by atoms with Gasteiger partial charge >= 0.3 is 0 Å². The summed E-state index contributed by atoms with van der Waals surface area (Å²) < 4.78 is 0. The molecular weight excluding hydrogens is 224 g/mol. The summed E-state index contributed by atoms with van der Waals surface area (Å²) in [7, 11) is 0. The third kappa shape index (κ3) is 2.31. The van der Waals surface area contributed by atoms with Gasteiger partial charge in [0.2, 0.25) is 0 Å². The average molecular weight is 235 g/mol. The van der Waals surface area contributed by atoms with Gasteiger partial charge in [-0.3, -0.25) is 4.79 Å². The molecule has 2 rings (SSSR count). The smallest absolute Gasteiger partial charge is 0.275 e. The van der Waals surface area contributed by atoms with Gasteiger partial charge in [-0.05, 0) is 23.8 Å². The quantitative estimate of drug-likeness (QED) is 0.786. The van der Waals surface area contributed by atoms with Crippen molar-refractivity contribution < 1.29 is 4.79 Å². The van der Waals surface area contributed by atoms with Gasteiger partial charge in [-0.25, -0.2) is 4.99 Å². The topological polar surface area (TPSA) is 41.5 Å². The van der Waals surface area contributed by atoms with E-state index in [1.807, 2.05) is 19.1 Å². The molecule has 0 fully saturated rings. The van der Waals surface area contributed by atoms with Gasteiger partial charge in [0, 0.05) is 11.4 Å². The van der Waals surface area contributed by atoms with Crippen molar-refractivity contribution in [2.45, 2.75) is 13.3 Å². The lowest BCUT2D eigenvalue weighted by molar-refractivity contribution is -0.115. The monoisotopic (exact) mass is 234 g/mol. The first kappa shape index (κ1) is 10.9. The average Bonchev–Trinajstić information content (AvgIpc) is 2.63. The highest BCUT2D eigenvalue weighted by molar-refractivity contribution is 6.30. The third-order valence-electron chi connectivity index (χ3n) is 2.25. The van der Waals surface area contributed by atoms with E-state index in [0.717, 1.165) is 12.0 Å². The number of amidine groups is 1. The van der Waals surface area contributed by atoms with Gasteiger partial charge in [-0.2, -0.15) is 0 Å². The Balaban J connectivity index is 2.28. The molecule has 0 atom stereocenters. The normalized spacial score (nSPS) is 17.5. The maximum atomic E-state index is 11.5. The highest BCUT2D eigenvalue weighted by Gasteiger charge is 2.17. The fourth-order valence-electron chi connectivity index (χ4n) is 1.40. The summed E-state index contributed by atoms with van der Waals surface area (Å²) in [6, 6.07) is 7.26. The van der Waals surface area contributed by atoms with Gasteiger partial charge in [-0.1, -0.05) is 30.7 Å². The SMILES string of the molecule is CCC1=N/C(=C/c2ccc(Cl)cc2)C(=O)N1.